The number of amidine groups is 1. The van der Waals surface area contributed by atoms with E-state index in [0.717, 1.165) is 30.6 Å². The van der Waals surface area contributed by atoms with Gasteiger partial charge < -0.3 is 11.2 Å². The molecule has 0 spiro atoms. The minimum Gasteiger partial charge on any atom is -0.384 e. The number of nitrogens with one attached hydrogen (secondary N) is 1. The summed E-state index contributed by atoms with van der Waals surface area (Å²) in [5, 5.41) is 0. The Morgan fingerprint density at radius 1 is 1.33 bits per heavy atom. The highest BCUT2D eigenvalue weighted by Crippen LogP contribution is 2.07. The summed E-state index contributed by atoms with van der Waals surface area (Å²) in [5.74, 6) is 5.85. The van der Waals surface area contributed by atoms with Gasteiger partial charge in [0.1, 0.15) is 5.84 Å². The Labute approximate surface area is 90.4 Å². The topological polar surface area (TPSA) is 76.4 Å². The fraction of sp³-hybridized carbons (Fsp3) is 0.364. The molecule has 82 valence electrons. The largest absolute Gasteiger partial charge is 0.384 e. The van der Waals surface area contributed by atoms with Crippen molar-refractivity contribution in [3.8, 4) is 0 Å². The van der Waals surface area contributed by atoms with E-state index in [2.05, 4.69) is 17.3 Å². The summed E-state index contributed by atoms with van der Waals surface area (Å²) >= 11 is 0. The van der Waals surface area contributed by atoms with Gasteiger partial charge in [0.05, 0.1) is 0 Å². The number of hydrogen-bond acceptors (Lipinski definition) is 3. The third kappa shape index (κ3) is 3.59. The molecule has 0 unspecified atom stereocenters. The molecule has 1 aromatic carbocycles. The Balaban J connectivity index is 2.65. The molecular formula is C11H18N4. The zero-order chi connectivity index (χ0) is 11.1. The molecule has 0 heterocycles. The quantitative estimate of drug-likeness (QED) is 0.224. The lowest BCUT2D eigenvalue weighted by molar-refractivity contribution is 0.807. The van der Waals surface area contributed by atoms with E-state index >= 15 is 0 Å². The monoisotopic (exact) mass is 206 g/mol. The molecule has 0 amide bonds. The first-order valence-electron chi connectivity index (χ1n) is 5.15. The zero-order valence-corrected chi connectivity index (χ0v) is 9.03. The van der Waals surface area contributed by atoms with Crippen molar-refractivity contribution in [1.29, 1.82) is 0 Å². The van der Waals surface area contributed by atoms with Crippen LogP contribution >= 0.6 is 0 Å². The van der Waals surface area contributed by atoms with E-state index in [-0.39, 0.29) is 0 Å². The van der Waals surface area contributed by atoms with Crippen molar-refractivity contribution in [3.05, 3.63) is 29.8 Å². The van der Waals surface area contributed by atoms with Crippen molar-refractivity contribution in [2.75, 3.05) is 12.0 Å². The molecule has 5 N–H and O–H groups in total. The summed E-state index contributed by atoms with van der Waals surface area (Å²) in [4.78, 5) is 4.28. The fourth-order valence-electron chi connectivity index (χ4n) is 1.19. The smallest absolute Gasteiger partial charge is 0.125 e. The fourth-order valence-corrected chi connectivity index (χ4v) is 1.19. The number of hydrogen-bond donors (Lipinski definition) is 3. The van der Waals surface area contributed by atoms with E-state index in [4.69, 9.17) is 11.6 Å². The summed E-state index contributed by atoms with van der Waals surface area (Å²) in [5.41, 5.74) is 10.2. The van der Waals surface area contributed by atoms with Gasteiger partial charge in [-0.25, -0.2) is 0 Å². The lowest BCUT2D eigenvalue weighted by Crippen LogP contribution is -2.14. The molecule has 0 aliphatic carbocycles. The van der Waals surface area contributed by atoms with Crippen LogP contribution in [0.25, 0.3) is 0 Å². The Bertz CT molecular complexity index is 316. The van der Waals surface area contributed by atoms with Gasteiger partial charge in [0, 0.05) is 17.8 Å². The average Bonchev–Trinajstić information content (AvgIpc) is 2.29. The van der Waals surface area contributed by atoms with Gasteiger partial charge in [-0.15, -0.1) is 0 Å². The highest BCUT2D eigenvalue weighted by Gasteiger charge is 1.97. The molecule has 0 radical (unpaired) electrons. The first-order chi connectivity index (χ1) is 7.27. The van der Waals surface area contributed by atoms with Crippen LogP contribution in [0.15, 0.2) is 29.3 Å². The van der Waals surface area contributed by atoms with Gasteiger partial charge in [-0.3, -0.25) is 10.8 Å². The van der Waals surface area contributed by atoms with Crippen LogP contribution in [0.4, 0.5) is 5.69 Å². The molecule has 0 aliphatic rings. The number of nitrogens with two attached hydrogens (primary N) is 2. The molecule has 15 heavy (non-hydrogen) atoms. The van der Waals surface area contributed by atoms with E-state index in [1.807, 2.05) is 24.3 Å². The average molecular weight is 206 g/mol. The molecule has 0 saturated carbocycles. The molecule has 1 aromatic rings. The number of anilines is 1. The van der Waals surface area contributed by atoms with Gasteiger partial charge in [-0.05, 0) is 30.7 Å². The van der Waals surface area contributed by atoms with Crippen LogP contribution < -0.4 is 17.0 Å². The number of rotatable bonds is 5. The highest BCUT2D eigenvalue weighted by molar-refractivity contribution is 5.97. The maximum absolute atomic E-state index is 5.83. The number of unbranched alkanes of at least 4 members (excludes halogenated alkanes) is 1. The second-order valence-corrected chi connectivity index (χ2v) is 3.34. The van der Waals surface area contributed by atoms with E-state index < -0.39 is 0 Å². The van der Waals surface area contributed by atoms with Crippen molar-refractivity contribution in [3.63, 3.8) is 0 Å². The van der Waals surface area contributed by atoms with E-state index in [1.54, 1.807) is 0 Å². The van der Waals surface area contributed by atoms with Gasteiger partial charge in [-0.2, -0.15) is 0 Å². The van der Waals surface area contributed by atoms with E-state index in [9.17, 15) is 0 Å². The van der Waals surface area contributed by atoms with Crippen LogP contribution in [0.2, 0.25) is 0 Å². The number of benzene rings is 1. The van der Waals surface area contributed by atoms with Gasteiger partial charge >= 0.3 is 0 Å². The lowest BCUT2D eigenvalue weighted by atomic mass is 10.2. The molecule has 0 aromatic heterocycles. The van der Waals surface area contributed by atoms with Gasteiger partial charge in [0.25, 0.3) is 0 Å². The second-order valence-electron chi connectivity index (χ2n) is 3.34. The second kappa shape index (κ2) is 6.03. The van der Waals surface area contributed by atoms with Crippen LogP contribution in [-0.2, 0) is 0 Å². The molecule has 4 nitrogen and oxygen atoms in total. The van der Waals surface area contributed by atoms with Crippen molar-refractivity contribution in [1.82, 2.24) is 0 Å². The maximum atomic E-state index is 5.83. The molecule has 0 aliphatic heterocycles. The Hall–Kier alpha value is -1.55. The molecule has 0 saturated heterocycles. The Kier molecular flexibility index (Phi) is 4.63. The van der Waals surface area contributed by atoms with E-state index in [0.29, 0.717) is 5.84 Å². The van der Waals surface area contributed by atoms with Crippen LogP contribution in [-0.4, -0.2) is 12.4 Å². The first-order valence-corrected chi connectivity index (χ1v) is 5.15. The van der Waals surface area contributed by atoms with E-state index in [1.165, 1.54) is 0 Å². The van der Waals surface area contributed by atoms with Crippen LogP contribution in [0.5, 0.6) is 0 Å². The summed E-state index contributed by atoms with van der Waals surface area (Å²) < 4.78 is 0. The normalized spacial score (nSPS) is 11.5. The summed E-state index contributed by atoms with van der Waals surface area (Å²) in [6.45, 7) is 2.92. The zero-order valence-electron chi connectivity index (χ0n) is 9.03. The maximum Gasteiger partial charge on any atom is 0.125 e. The summed E-state index contributed by atoms with van der Waals surface area (Å²) in [6, 6.07) is 7.55. The van der Waals surface area contributed by atoms with Crippen molar-refractivity contribution in [2.45, 2.75) is 19.8 Å². The van der Waals surface area contributed by atoms with Crippen LogP contribution in [0, 0.1) is 0 Å². The molecule has 4 heteroatoms. The minimum atomic E-state index is 0.590. The Morgan fingerprint density at radius 3 is 2.53 bits per heavy atom. The minimum absolute atomic E-state index is 0.590. The van der Waals surface area contributed by atoms with Crippen LogP contribution in [0.1, 0.15) is 25.3 Å². The standard InChI is InChI=1S/C11H18N4/c1-2-3-8-14-11(12)9-4-6-10(15-13)7-5-9/h4-7,15H,2-3,8,13H2,1H3,(H2,12,14). The van der Waals surface area contributed by atoms with Crippen LogP contribution in [0.3, 0.4) is 0 Å². The predicted molar refractivity (Wildman–Crippen MR) is 64.8 cm³/mol. The lowest BCUT2D eigenvalue weighted by Gasteiger charge is -2.03. The predicted octanol–water partition coefficient (Wildman–Crippen LogP) is 1.48. The summed E-state index contributed by atoms with van der Waals surface area (Å²) in [7, 11) is 0. The number of nitrogens with zero attached hydrogens (tertiary/aromatic N) is 1. The molecular weight excluding hydrogens is 188 g/mol. The number of hydrazine groups is 1. The van der Waals surface area contributed by atoms with Crippen molar-refractivity contribution >= 4 is 11.5 Å². The molecule has 0 fully saturated rings. The molecule has 0 bridgehead atoms. The highest BCUT2D eigenvalue weighted by atomic mass is 15.2. The third-order valence-electron chi connectivity index (χ3n) is 2.14. The Morgan fingerprint density at radius 2 is 2.00 bits per heavy atom. The van der Waals surface area contributed by atoms with Gasteiger partial charge in [0.2, 0.25) is 0 Å². The number of nitrogen functional groups attached to an aromatic ring is 1. The summed E-state index contributed by atoms with van der Waals surface area (Å²) in [6.07, 6.45) is 2.20. The first kappa shape index (κ1) is 11.5. The molecule has 1 rings (SSSR count). The van der Waals surface area contributed by atoms with Gasteiger partial charge in [0.15, 0.2) is 0 Å². The van der Waals surface area contributed by atoms with Gasteiger partial charge in [-0.1, -0.05) is 13.3 Å². The van der Waals surface area contributed by atoms with Crippen molar-refractivity contribution in [2.24, 2.45) is 16.6 Å². The number of aliphatic imine (C=N–C) groups is 1. The SMILES string of the molecule is CCCCN=C(N)c1ccc(NN)cc1. The van der Waals surface area contributed by atoms with Crippen molar-refractivity contribution < 1.29 is 0 Å². The molecule has 0 atom stereocenters. The third-order valence-corrected chi connectivity index (χ3v) is 2.14.